The van der Waals surface area contributed by atoms with Gasteiger partial charge in [-0.1, -0.05) is 13.8 Å². The van der Waals surface area contributed by atoms with E-state index in [9.17, 15) is 0 Å². The summed E-state index contributed by atoms with van der Waals surface area (Å²) in [4.78, 5) is 10.8. The predicted octanol–water partition coefficient (Wildman–Crippen LogP) is 1.47. The fourth-order valence-electron chi connectivity index (χ4n) is 1.58. The smallest absolute Gasteiger partial charge is 0.132 e. The molecule has 1 aromatic heterocycles. The maximum absolute atomic E-state index is 4.32. The van der Waals surface area contributed by atoms with E-state index in [1.807, 2.05) is 0 Å². The zero-order valence-corrected chi connectivity index (χ0v) is 10.5. The lowest BCUT2D eigenvalue weighted by Gasteiger charge is -2.22. The number of aryl methyl sites for hydroxylation is 1. The molecule has 1 rings (SSSR count). The molecular weight excluding hydrogens is 200 g/mol. The van der Waals surface area contributed by atoms with Crippen LogP contribution in [0.1, 0.15) is 26.5 Å². The number of nitrogens with one attached hydrogen (secondary N) is 1. The third-order valence-corrected chi connectivity index (χ3v) is 2.59. The molecule has 0 amide bonds. The molecule has 0 aromatic carbocycles. The van der Waals surface area contributed by atoms with Crippen LogP contribution >= 0.6 is 0 Å². The van der Waals surface area contributed by atoms with Gasteiger partial charge in [-0.15, -0.1) is 0 Å². The van der Waals surface area contributed by atoms with Gasteiger partial charge in [0.25, 0.3) is 0 Å². The molecule has 1 N–H and O–H groups in total. The van der Waals surface area contributed by atoms with Gasteiger partial charge in [-0.05, 0) is 19.9 Å². The van der Waals surface area contributed by atoms with Crippen molar-refractivity contribution in [2.24, 2.45) is 0 Å². The Morgan fingerprint density at radius 2 is 2.06 bits per heavy atom. The van der Waals surface area contributed by atoms with E-state index in [0.717, 1.165) is 44.1 Å². The van der Waals surface area contributed by atoms with Crippen molar-refractivity contribution in [1.82, 2.24) is 15.3 Å². The minimum Gasteiger partial charge on any atom is -0.356 e. The van der Waals surface area contributed by atoms with Crippen LogP contribution < -0.4 is 10.2 Å². The molecule has 1 heterocycles. The van der Waals surface area contributed by atoms with Gasteiger partial charge < -0.3 is 10.2 Å². The maximum Gasteiger partial charge on any atom is 0.132 e. The molecule has 0 saturated carbocycles. The summed E-state index contributed by atoms with van der Waals surface area (Å²) >= 11 is 0. The molecule has 1 aromatic rings. The van der Waals surface area contributed by atoms with Crippen LogP contribution in [-0.2, 0) is 6.42 Å². The second-order valence-electron chi connectivity index (χ2n) is 3.65. The van der Waals surface area contributed by atoms with Crippen molar-refractivity contribution in [2.75, 3.05) is 31.1 Å². The Hall–Kier alpha value is -1.16. The largest absolute Gasteiger partial charge is 0.356 e. The van der Waals surface area contributed by atoms with Crippen molar-refractivity contribution in [3.8, 4) is 0 Å². The lowest BCUT2D eigenvalue weighted by molar-refractivity contribution is 0.682. The molecule has 16 heavy (non-hydrogen) atoms. The van der Waals surface area contributed by atoms with Gasteiger partial charge in [-0.25, -0.2) is 9.97 Å². The molecule has 4 heteroatoms. The molecule has 90 valence electrons. The molecule has 4 nitrogen and oxygen atoms in total. The first kappa shape index (κ1) is 12.9. The summed E-state index contributed by atoms with van der Waals surface area (Å²) in [5, 5.41) is 3.33. The summed E-state index contributed by atoms with van der Waals surface area (Å²) in [6, 6.07) is 2.08. The van der Waals surface area contributed by atoms with Crippen molar-refractivity contribution in [3.63, 3.8) is 0 Å². The van der Waals surface area contributed by atoms with Gasteiger partial charge in [0.05, 0.1) is 0 Å². The van der Waals surface area contributed by atoms with Gasteiger partial charge in [-0.2, -0.15) is 0 Å². The van der Waals surface area contributed by atoms with Crippen molar-refractivity contribution >= 4 is 5.82 Å². The number of aromatic nitrogens is 2. The number of likely N-dealkylation sites (N-methyl/N-ethyl adjacent to an activating group) is 2. The van der Waals surface area contributed by atoms with Crippen molar-refractivity contribution in [1.29, 1.82) is 0 Å². The summed E-state index contributed by atoms with van der Waals surface area (Å²) in [7, 11) is 0. The Labute approximate surface area is 98.1 Å². The molecule has 0 atom stereocenters. The Bertz CT molecular complexity index is 301. The molecule has 0 aliphatic rings. The van der Waals surface area contributed by atoms with E-state index in [4.69, 9.17) is 0 Å². The van der Waals surface area contributed by atoms with Crippen LogP contribution in [0.2, 0.25) is 0 Å². The van der Waals surface area contributed by atoms with Crippen LogP contribution in [0.3, 0.4) is 0 Å². The van der Waals surface area contributed by atoms with E-state index >= 15 is 0 Å². The van der Waals surface area contributed by atoms with Crippen molar-refractivity contribution in [2.45, 2.75) is 27.2 Å². The lowest BCUT2D eigenvalue weighted by Crippen LogP contribution is -2.32. The SMILES string of the molecule is CCNCCN(CC)c1cc(CC)ncn1. The topological polar surface area (TPSA) is 41.0 Å². The summed E-state index contributed by atoms with van der Waals surface area (Å²) in [5.74, 6) is 1.03. The quantitative estimate of drug-likeness (QED) is 0.709. The van der Waals surface area contributed by atoms with Crippen LogP contribution in [0.25, 0.3) is 0 Å². The zero-order valence-electron chi connectivity index (χ0n) is 10.5. The second-order valence-corrected chi connectivity index (χ2v) is 3.65. The average Bonchev–Trinajstić information content (AvgIpc) is 2.35. The second kappa shape index (κ2) is 7.17. The minimum atomic E-state index is 0.959. The normalized spacial score (nSPS) is 10.4. The van der Waals surface area contributed by atoms with Crippen molar-refractivity contribution in [3.05, 3.63) is 18.1 Å². The Kier molecular flexibility index (Phi) is 5.78. The van der Waals surface area contributed by atoms with Gasteiger partial charge in [0, 0.05) is 31.4 Å². The first-order valence-corrected chi connectivity index (χ1v) is 6.08. The van der Waals surface area contributed by atoms with Crippen LogP contribution in [-0.4, -0.2) is 36.1 Å². The number of nitrogens with zero attached hydrogens (tertiary/aromatic N) is 3. The Balaban J connectivity index is 2.62. The van der Waals surface area contributed by atoms with E-state index in [1.54, 1.807) is 6.33 Å². The van der Waals surface area contributed by atoms with E-state index in [-0.39, 0.29) is 0 Å². The van der Waals surface area contributed by atoms with E-state index in [1.165, 1.54) is 0 Å². The van der Waals surface area contributed by atoms with Crippen LogP contribution in [0, 0.1) is 0 Å². The molecule has 0 unspecified atom stereocenters. The molecule has 0 aliphatic carbocycles. The minimum absolute atomic E-state index is 0.959. The van der Waals surface area contributed by atoms with E-state index in [0.29, 0.717) is 0 Å². The predicted molar refractivity (Wildman–Crippen MR) is 67.8 cm³/mol. The highest BCUT2D eigenvalue weighted by Gasteiger charge is 2.05. The molecular formula is C12H22N4. The molecule has 0 radical (unpaired) electrons. The number of rotatable bonds is 7. The third-order valence-electron chi connectivity index (χ3n) is 2.59. The monoisotopic (exact) mass is 222 g/mol. The van der Waals surface area contributed by atoms with E-state index in [2.05, 4.69) is 47.0 Å². The summed E-state index contributed by atoms with van der Waals surface area (Å²) in [6.45, 7) is 10.4. The highest BCUT2D eigenvalue weighted by Crippen LogP contribution is 2.10. The maximum atomic E-state index is 4.32. The average molecular weight is 222 g/mol. The first-order chi connectivity index (χ1) is 7.81. The molecule has 0 spiro atoms. The summed E-state index contributed by atoms with van der Waals surface area (Å²) in [5.41, 5.74) is 1.10. The third kappa shape index (κ3) is 3.77. The van der Waals surface area contributed by atoms with Crippen LogP contribution in [0.5, 0.6) is 0 Å². The fourth-order valence-corrected chi connectivity index (χ4v) is 1.58. The first-order valence-electron chi connectivity index (χ1n) is 6.08. The standard InChI is InChI=1S/C12H22N4/c1-4-11-9-12(15-10-14-11)16(6-3)8-7-13-5-2/h9-10,13H,4-8H2,1-3H3. The van der Waals surface area contributed by atoms with Gasteiger partial charge in [0.15, 0.2) is 0 Å². The fraction of sp³-hybridized carbons (Fsp3) is 0.667. The van der Waals surface area contributed by atoms with Gasteiger partial charge in [-0.3, -0.25) is 0 Å². The van der Waals surface area contributed by atoms with Crippen molar-refractivity contribution < 1.29 is 0 Å². The number of hydrogen-bond acceptors (Lipinski definition) is 4. The lowest BCUT2D eigenvalue weighted by atomic mass is 10.3. The molecule has 0 bridgehead atoms. The Morgan fingerprint density at radius 3 is 2.69 bits per heavy atom. The Morgan fingerprint density at radius 1 is 1.25 bits per heavy atom. The summed E-state index contributed by atoms with van der Waals surface area (Å²) < 4.78 is 0. The van der Waals surface area contributed by atoms with Gasteiger partial charge >= 0.3 is 0 Å². The molecule has 0 saturated heterocycles. The van der Waals surface area contributed by atoms with Gasteiger partial charge in [0.1, 0.15) is 12.1 Å². The van der Waals surface area contributed by atoms with Crippen LogP contribution in [0.15, 0.2) is 12.4 Å². The summed E-state index contributed by atoms with van der Waals surface area (Å²) in [6.07, 6.45) is 2.62. The van der Waals surface area contributed by atoms with Gasteiger partial charge in [0.2, 0.25) is 0 Å². The van der Waals surface area contributed by atoms with Crippen LogP contribution in [0.4, 0.5) is 5.82 Å². The zero-order chi connectivity index (χ0) is 11.8. The highest BCUT2D eigenvalue weighted by molar-refractivity contribution is 5.38. The number of hydrogen-bond donors (Lipinski definition) is 1. The van der Waals surface area contributed by atoms with E-state index < -0.39 is 0 Å². The highest BCUT2D eigenvalue weighted by atomic mass is 15.2. The number of anilines is 1. The molecule has 0 fully saturated rings. The molecule has 0 aliphatic heterocycles.